The molecule has 1 N–H and O–H groups in total. The average Bonchev–Trinajstić information content (AvgIpc) is 2.05. The second kappa shape index (κ2) is 4.09. The summed E-state index contributed by atoms with van der Waals surface area (Å²) in [5.41, 5.74) is 1.11. The minimum Gasteiger partial charge on any atom is -0.383 e. The molecule has 1 saturated carbocycles. The molecule has 0 aromatic carbocycles. The standard InChI is InChI=1S/C10H13BrN2/c11-10-9(5-2-6-12-10)13-7-8-3-1-4-8/h2,5-6,8,13H,1,3-4,7H2. The Balaban J connectivity index is 1.89. The number of anilines is 1. The van der Waals surface area contributed by atoms with Gasteiger partial charge in [0.1, 0.15) is 4.60 Å². The molecular formula is C10H13BrN2. The van der Waals surface area contributed by atoms with Gasteiger partial charge < -0.3 is 5.32 Å². The van der Waals surface area contributed by atoms with Crippen LogP contribution in [-0.2, 0) is 0 Å². The summed E-state index contributed by atoms with van der Waals surface area (Å²) in [5, 5.41) is 3.41. The van der Waals surface area contributed by atoms with Crippen LogP contribution in [0.3, 0.4) is 0 Å². The lowest BCUT2D eigenvalue weighted by Crippen LogP contribution is -2.21. The molecule has 0 saturated heterocycles. The summed E-state index contributed by atoms with van der Waals surface area (Å²) in [7, 11) is 0. The molecule has 13 heavy (non-hydrogen) atoms. The van der Waals surface area contributed by atoms with Crippen LogP contribution in [0.1, 0.15) is 19.3 Å². The zero-order chi connectivity index (χ0) is 9.10. The molecule has 1 aliphatic carbocycles. The summed E-state index contributed by atoms with van der Waals surface area (Å²) in [6, 6.07) is 4.00. The molecule has 1 heterocycles. The summed E-state index contributed by atoms with van der Waals surface area (Å²) >= 11 is 3.41. The first kappa shape index (κ1) is 9.00. The van der Waals surface area contributed by atoms with Gasteiger partial charge in [-0.05, 0) is 46.8 Å². The number of nitrogens with one attached hydrogen (secondary N) is 1. The maximum Gasteiger partial charge on any atom is 0.129 e. The van der Waals surface area contributed by atoms with Gasteiger partial charge in [0.25, 0.3) is 0 Å². The Kier molecular flexibility index (Phi) is 2.83. The van der Waals surface area contributed by atoms with Crippen molar-refractivity contribution in [2.45, 2.75) is 19.3 Å². The molecule has 0 radical (unpaired) electrons. The Morgan fingerprint density at radius 2 is 2.38 bits per heavy atom. The largest absolute Gasteiger partial charge is 0.383 e. The predicted molar refractivity (Wildman–Crippen MR) is 57.8 cm³/mol. The SMILES string of the molecule is Brc1ncccc1NCC1CCC1. The van der Waals surface area contributed by atoms with Gasteiger partial charge in [-0.3, -0.25) is 0 Å². The molecule has 1 aromatic heterocycles. The number of hydrogen-bond acceptors (Lipinski definition) is 2. The monoisotopic (exact) mass is 240 g/mol. The Morgan fingerprint density at radius 1 is 1.54 bits per heavy atom. The van der Waals surface area contributed by atoms with E-state index in [2.05, 4.69) is 32.3 Å². The lowest BCUT2D eigenvalue weighted by atomic mass is 9.85. The van der Waals surface area contributed by atoms with E-state index >= 15 is 0 Å². The molecule has 0 bridgehead atoms. The summed E-state index contributed by atoms with van der Waals surface area (Å²) in [4.78, 5) is 4.16. The van der Waals surface area contributed by atoms with Crippen LogP contribution < -0.4 is 5.32 Å². The van der Waals surface area contributed by atoms with Gasteiger partial charge in [-0.2, -0.15) is 0 Å². The van der Waals surface area contributed by atoms with Crippen molar-refractivity contribution in [1.29, 1.82) is 0 Å². The number of halogens is 1. The third-order valence-electron chi connectivity index (χ3n) is 2.57. The molecule has 2 rings (SSSR count). The Labute approximate surface area is 86.9 Å². The van der Waals surface area contributed by atoms with Gasteiger partial charge in [-0.15, -0.1) is 0 Å². The van der Waals surface area contributed by atoms with E-state index in [0.717, 1.165) is 22.8 Å². The predicted octanol–water partition coefficient (Wildman–Crippen LogP) is 3.06. The number of pyridine rings is 1. The van der Waals surface area contributed by atoms with Crippen LogP contribution in [0, 0.1) is 5.92 Å². The summed E-state index contributed by atoms with van der Waals surface area (Å²) in [5.74, 6) is 0.882. The van der Waals surface area contributed by atoms with Gasteiger partial charge in [0.15, 0.2) is 0 Å². The van der Waals surface area contributed by atoms with E-state index < -0.39 is 0 Å². The quantitative estimate of drug-likeness (QED) is 0.822. The molecule has 0 spiro atoms. The summed E-state index contributed by atoms with van der Waals surface area (Å²) in [6.45, 7) is 1.09. The van der Waals surface area contributed by atoms with Crippen molar-refractivity contribution in [3.63, 3.8) is 0 Å². The fraction of sp³-hybridized carbons (Fsp3) is 0.500. The van der Waals surface area contributed by atoms with Crippen molar-refractivity contribution >= 4 is 21.6 Å². The smallest absolute Gasteiger partial charge is 0.129 e. The average molecular weight is 241 g/mol. The van der Waals surface area contributed by atoms with Crippen molar-refractivity contribution < 1.29 is 0 Å². The van der Waals surface area contributed by atoms with Crippen LogP contribution in [0.4, 0.5) is 5.69 Å². The first-order valence-electron chi connectivity index (χ1n) is 4.70. The molecule has 2 nitrogen and oxygen atoms in total. The molecule has 0 unspecified atom stereocenters. The van der Waals surface area contributed by atoms with Gasteiger partial charge in [-0.25, -0.2) is 4.98 Å². The van der Waals surface area contributed by atoms with E-state index in [1.54, 1.807) is 6.20 Å². The zero-order valence-electron chi connectivity index (χ0n) is 7.46. The maximum absolute atomic E-state index is 4.16. The molecule has 1 aromatic rings. The number of rotatable bonds is 3. The minimum atomic E-state index is 0.882. The van der Waals surface area contributed by atoms with Crippen LogP contribution in [0.2, 0.25) is 0 Å². The second-order valence-electron chi connectivity index (χ2n) is 3.52. The summed E-state index contributed by atoms with van der Waals surface area (Å²) in [6.07, 6.45) is 5.95. The zero-order valence-corrected chi connectivity index (χ0v) is 9.05. The third-order valence-corrected chi connectivity index (χ3v) is 3.20. The molecule has 3 heteroatoms. The Hall–Kier alpha value is -0.570. The molecule has 70 valence electrons. The van der Waals surface area contributed by atoms with Crippen LogP contribution >= 0.6 is 15.9 Å². The fourth-order valence-corrected chi connectivity index (χ4v) is 1.86. The topological polar surface area (TPSA) is 24.9 Å². The van der Waals surface area contributed by atoms with Gasteiger partial charge in [-0.1, -0.05) is 6.42 Å². The lowest BCUT2D eigenvalue weighted by molar-refractivity contribution is 0.333. The van der Waals surface area contributed by atoms with Crippen molar-refractivity contribution in [1.82, 2.24) is 4.98 Å². The van der Waals surface area contributed by atoms with E-state index in [1.165, 1.54) is 19.3 Å². The highest BCUT2D eigenvalue weighted by atomic mass is 79.9. The third kappa shape index (κ3) is 2.21. The molecule has 1 aliphatic rings. The van der Waals surface area contributed by atoms with Gasteiger partial charge in [0, 0.05) is 12.7 Å². The number of hydrogen-bond donors (Lipinski definition) is 1. The first-order chi connectivity index (χ1) is 6.36. The van der Waals surface area contributed by atoms with Crippen LogP contribution in [0.15, 0.2) is 22.9 Å². The maximum atomic E-state index is 4.16. The van der Waals surface area contributed by atoms with E-state index in [0.29, 0.717) is 0 Å². The highest BCUT2D eigenvalue weighted by Crippen LogP contribution is 2.27. The van der Waals surface area contributed by atoms with Crippen LogP contribution in [0.25, 0.3) is 0 Å². The number of nitrogens with zero attached hydrogens (tertiary/aromatic N) is 1. The van der Waals surface area contributed by atoms with Gasteiger partial charge in [0.2, 0.25) is 0 Å². The molecule has 0 amide bonds. The van der Waals surface area contributed by atoms with Crippen molar-refractivity contribution in [3.05, 3.63) is 22.9 Å². The van der Waals surface area contributed by atoms with Crippen molar-refractivity contribution in [2.24, 2.45) is 5.92 Å². The first-order valence-corrected chi connectivity index (χ1v) is 5.50. The van der Waals surface area contributed by atoms with Crippen molar-refractivity contribution in [2.75, 3.05) is 11.9 Å². The van der Waals surface area contributed by atoms with Crippen molar-refractivity contribution in [3.8, 4) is 0 Å². The van der Waals surface area contributed by atoms with Gasteiger partial charge >= 0.3 is 0 Å². The summed E-state index contributed by atoms with van der Waals surface area (Å²) < 4.78 is 0.911. The Bertz CT molecular complexity index is 284. The Morgan fingerprint density at radius 3 is 3.00 bits per heavy atom. The van der Waals surface area contributed by atoms with Crippen LogP contribution in [0.5, 0.6) is 0 Å². The van der Waals surface area contributed by atoms with E-state index in [-0.39, 0.29) is 0 Å². The second-order valence-corrected chi connectivity index (χ2v) is 4.27. The normalized spacial score (nSPS) is 16.7. The highest BCUT2D eigenvalue weighted by molar-refractivity contribution is 9.10. The fourth-order valence-electron chi connectivity index (χ4n) is 1.47. The molecule has 1 fully saturated rings. The molecule has 0 atom stereocenters. The number of aromatic nitrogens is 1. The lowest BCUT2D eigenvalue weighted by Gasteiger charge is -2.25. The van der Waals surface area contributed by atoms with Gasteiger partial charge in [0.05, 0.1) is 5.69 Å². The van der Waals surface area contributed by atoms with E-state index in [1.807, 2.05) is 6.07 Å². The molecular weight excluding hydrogens is 228 g/mol. The van der Waals surface area contributed by atoms with E-state index in [9.17, 15) is 0 Å². The van der Waals surface area contributed by atoms with Crippen LogP contribution in [-0.4, -0.2) is 11.5 Å². The highest BCUT2D eigenvalue weighted by Gasteiger charge is 2.16. The van der Waals surface area contributed by atoms with E-state index in [4.69, 9.17) is 0 Å². The molecule has 0 aliphatic heterocycles. The minimum absolute atomic E-state index is 0.882.